The van der Waals surface area contributed by atoms with Crippen LogP contribution in [0.2, 0.25) is 0 Å². The molecule has 1 atom stereocenters. The van der Waals surface area contributed by atoms with E-state index in [-0.39, 0.29) is 54.2 Å². The number of nitrogens with two attached hydrogens (primary N) is 1. The number of nitrogens with one attached hydrogen (secondary N) is 3. The molecule has 9 N–H and O–H groups in total. The van der Waals surface area contributed by atoms with Crippen LogP contribution in [0.3, 0.4) is 0 Å². The second kappa shape index (κ2) is 26.4. The lowest BCUT2D eigenvalue weighted by molar-refractivity contribution is -0.438. The molecule has 3 aliphatic rings. The van der Waals surface area contributed by atoms with Crippen molar-refractivity contribution >= 4 is 82.1 Å². The minimum absolute atomic E-state index is 0.0304. The number of carboxylic acids is 1. The first-order valence-corrected chi connectivity index (χ1v) is 33.8. The molecule has 470 valence electrons. The number of amides is 1. The molecule has 0 fully saturated rings. The number of aromatic nitrogens is 4. The molecule has 23 nitrogen and oxygen atoms in total. The monoisotopic (exact) mass is 1290 g/mol. The summed E-state index contributed by atoms with van der Waals surface area (Å²) in [6.45, 7) is 11.3. The summed E-state index contributed by atoms with van der Waals surface area (Å²) in [5, 5.41) is 16.1. The van der Waals surface area contributed by atoms with E-state index in [4.69, 9.17) is 10.5 Å². The van der Waals surface area contributed by atoms with Crippen molar-refractivity contribution < 1.29 is 62.9 Å². The zero-order valence-corrected chi connectivity index (χ0v) is 52.3. The molecule has 1 amide bonds. The number of aromatic amines is 1. The van der Waals surface area contributed by atoms with Crippen LogP contribution in [0.15, 0.2) is 143 Å². The number of unbranched alkanes of at least 4 members (excludes halogenated alkanes) is 2. The van der Waals surface area contributed by atoms with Crippen molar-refractivity contribution in [2.45, 2.75) is 115 Å². The van der Waals surface area contributed by atoms with Crippen LogP contribution in [0.1, 0.15) is 117 Å². The molecule has 6 aromatic rings. The van der Waals surface area contributed by atoms with Crippen molar-refractivity contribution in [2.75, 3.05) is 40.5 Å². The lowest BCUT2D eigenvalue weighted by atomic mass is 9.80. The zero-order chi connectivity index (χ0) is 64.2. The third kappa shape index (κ3) is 16.1. The predicted molar refractivity (Wildman–Crippen MR) is 339 cm³/mol. The molecular formula is C63H72N9O14S3+. The molecule has 0 spiro atoms. The number of nitrogens with zero attached hydrogens (tertiary/aromatic N) is 5. The van der Waals surface area contributed by atoms with Gasteiger partial charge in [0.2, 0.25) is 11.6 Å². The molecule has 0 saturated carbocycles. The molecule has 0 radical (unpaired) electrons. The highest BCUT2D eigenvalue weighted by atomic mass is 32.2. The highest BCUT2D eigenvalue weighted by molar-refractivity contribution is 7.86. The third-order valence-electron chi connectivity index (χ3n) is 16.1. The maximum Gasteiger partial charge on any atom is 0.326 e. The van der Waals surface area contributed by atoms with Gasteiger partial charge in [-0.3, -0.25) is 28.2 Å². The van der Waals surface area contributed by atoms with E-state index in [1.807, 2.05) is 45.1 Å². The summed E-state index contributed by atoms with van der Waals surface area (Å²) in [5.41, 5.74) is 14.4. The van der Waals surface area contributed by atoms with Gasteiger partial charge in [0.25, 0.3) is 41.8 Å². The topological polar surface area (TPSA) is 355 Å². The van der Waals surface area contributed by atoms with E-state index >= 15 is 0 Å². The molecule has 89 heavy (non-hydrogen) atoms. The molecule has 9 rings (SSSR count). The normalized spacial score (nSPS) is 17.0. The Morgan fingerprint density at radius 2 is 1.61 bits per heavy atom. The van der Waals surface area contributed by atoms with E-state index in [0.717, 1.165) is 57.0 Å². The fourth-order valence-electron chi connectivity index (χ4n) is 11.6. The number of nitrogen functional groups attached to an aromatic ring is 1. The van der Waals surface area contributed by atoms with Crippen LogP contribution in [0, 0.1) is 6.92 Å². The Balaban J connectivity index is 1.01. The number of aliphatic carboxylic acids is 1. The maximum atomic E-state index is 13.5. The average Bonchev–Trinajstić information content (AvgIpc) is 1.61. The van der Waals surface area contributed by atoms with Crippen LogP contribution in [-0.4, -0.2) is 117 Å². The molecule has 4 heterocycles. The number of hydrogen-bond acceptors (Lipinski definition) is 16. The smallest absolute Gasteiger partial charge is 0.326 e. The Bertz CT molecular complexity index is 4330. The van der Waals surface area contributed by atoms with Gasteiger partial charge in [0.05, 0.1) is 35.4 Å². The number of aryl methyl sites for hydroxylation is 1. The average molecular weight is 1290 g/mol. The van der Waals surface area contributed by atoms with Crippen molar-refractivity contribution in [3.63, 3.8) is 0 Å². The van der Waals surface area contributed by atoms with Crippen LogP contribution in [0.4, 0.5) is 23.0 Å². The van der Waals surface area contributed by atoms with E-state index in [1.165, 1.54) is 6.20 Å². The summed E-state index contributed by atoms with van der Waals surface area (Å²) in [5.74, 6) is -2.33. The van der Waals surface area contributed by atoms with Gasteiger partial charge in [-0.05, 0) is 148 Å². The van der Waals surface area contributed by atoms with Gasteiger partial charge in [-0.1, -0.05) is 55.8 Å². The first-order valence-electron chi connectivity index (χ1n) is 28.9. The van der Waals surface area contributed by atoms with Gasteiger partial charge in [0, 0.05) is 65.1 Å². The number of fused-ring (bicyclic) bond motifs is 3. The minimum Gasteiger partial charge on any atom is -0.480 e. The molecule has 26 heteroatoms. The zero-order valence-electron chi connectivity index (χ0n) is 49.9. The van der Waals surface area contributed by atoms with Gasteiger partial charge in [-0.2, -0.15) is 34.8 Å². The molecule has 4 aromatic carbocycles. The molecule has 2 aromatic heterocycles. The minimum atomic E-state index is -4.36. The lowest BCUT2D eigenvalue weighted by Crippen LogP contribution is -2.42. The fourth-order valence-corrected chi connectivity index (χ4v) is 13.3. The van der Waals surface area contributed by atoms with Crippen LogP contribution in [0.25, 0.3) is 11.2 Å². The number of H-pyrrole nitrogens is 1. The number of carbonyl (C=O) groups is 2. The van der Waals surface area contributed by atoms with Crippen molar-refractivity contribution in [3.05, 3.63) is 187 Å². The maximum absolute atomic E-state index is 13.5. The Morgan fingerprint density at radius 1 is 0.899 bits per heavy atom. The number of rotatable bonds is 25. The Kier molecular flexibility index (Phi) is 19.3. The third-order valence-corrected chi connectivity index (χ3v) is 18.4. The van der Waals surface area contributed by atoms with Crippen LogP contribution in [-0.2, 0) is 64.7 Å². The summed E-state index contributed by atoms with van der Waals surface area (Å²) >= 11 is 0. The number of benzene rings is 4. The van der Waals surface area contributed by atoms with E-state index < -0.39 is 76.2 Å². The summed E-state index contributed by atoms with van der Waals surface area (Å²) in [6.07, 6.45) is 12.7. The van der Waals surface area contributed by atoms with Crippen LogP contribution < -0.4 is 31.6 Å². The molecule has 2 aliphatic heterocycles. The van der Waals surface area contributed by atoms with Crippen LogP contribution >= 0.6 is 0 Å². The Morgan fingerprint density at radius 3 is 2.29 bits per heavy atom. The largest absolute Gasteiger partial charge is 0.480 e. The van der Waals surface area contributed by atoms with E-state index in [0.29, 0.717) is 72.8 Å². The fraction of sp³-hybridized carbons (Fsp3) is 0.349. The van der Waals surface area contributed by atoms with Crippen molar-refractivity contribution in [3.8, 4) is 5.75 Å². The van der Waals surface area contributed by atoms with Gasteiger partial charge in [-0.15, -0.1) is 0 Å². The lowest BCUT2D eigenvalue weighted by Gasteiger charge is -2.27. The number of hydrogen-bond donors (Lipinski definition) is 8. The molecule has 1 aliphatic carbocycles. The van der Waals surface area contributed by atoms with Gasteiger partial charge in [0.15, 0.2) is 16.9 Å². The summed E-state index contributed by atoms with van der Waals surface area (Å²) < 4.78 is 109. The first kappa shape index (κ1) is 65.1. The standard InChI is InChI=1S/C63H71N9O14S3/c1-39-13-25-51-48(33-39)62(2,3)53(71(51)29-6-8-31-87(77,78)79)27-19-42-11-10-12-43(20-28-54-63(4,5)49-34-41(38-89(83,84)85)16-26-52(49)72(54)30-7-9-32-88(80,81)82)56(42)86-47-23-14-40(15-24-47)35-50(60(75)76)68-58(73)44-17-21-45(22-18-44)65-36-46-37-66-57-55(67-46)59(74)70-61(64)69-57/h13-28,33-34,37,50H,6-12,29-32,35-36,38H2,1-5H3,(H8-,64,65,66,68,69,70,73,74,75,76,77,78,79,80,81,82,83,84,85)/p+1/t50-/m0/s1/i14+2,15+2,23+2,24+2,35+2,40+1,47+2,50+2,60+2. The molecular weight excluding hydrogens is 1220 g/mol. The number of anilines is 3. The van der Waals surface area contributed by atoms with Gasteiger partial charge < -0.3 is 31.1 Å². The molecule has 0 saturated heterocycles. The van der Waals surface area contributed by atoms with E-state index in [2.05, 4.69) is 72.1 Å². The highest BCUT2D eigenvalue weighted by Crippen LogP contribution is 2.49. The summed E-state index contributed by atoms with van der Waals surface area (Å²) in [6, 6.07) is 23.4. The number of ether oxygens (including phenoxy) is 1. The van der Waals surface area contributed by atoms with Crippen molar-refractivity contribution in [1.29, 1.82) is 0 Å². The summed E-state index contributed by atoms with van der Waals surface area (Å²) in [4.78, 5) is 55.6. The Hall–Kier alpha value is -8.40. The second-order valence-electron chi connectivity index (χ2n) is 23.5. The van der Waals surface area contributed by atoms with E-state index in [1.54, 1.807) is 66.7 Å². The molecule has 0 bridgehead atoms. The highest BCUT2D eigenvalue weighted by Gasteiger charge is 2.45. The van der Waals surface area contributed by atoms with Gasteiger partial charge in [0.1, 0.15) is 29.8 Å². The number of carbonyl (C=O) groups excluding carboxylic acids is 1. The van der Waals surface area contributed by atoms with Gasteiger partial charge >= 0.3 is 5.97 Å². The number of allylic oxidation sites excluding steroid dienone is 7. The van der Waals surface area contributed by atoms with Crippen molar-refractivity contribution in [2.24, 2.45) is 0 Å². The first-order chi connectivity index (χ1) is 41.9. The van der Waals surface area contributed by atoms with Gasteiger partial charge in [-0.25, -0.2) is 14.8 Å². The predicted octanol–water partition coefficient (Wildman–Crippen LogP) is 8.42. The molecule has 0 unspecified atom stereocenters. The SMILES string of the molecule is Cc1ccc2c(c1)C(C)(C)/C(=C\C=C1/CCCC(/C=C/C3=[N+](CCCCS(=O)(=O)O)c4ccc(CS(=O)(=O)O)cc4C3(C)C)=C1O[14c]1[14cH][14cH][13c]([14CH2][14C@H](NC(=O)c3ccc(NCc4cnc5nc(N)[nH]c(=O)c5n4)cc3)[14C](=O)O)[14cH][14cH]1)N2CCCCS(=O)(=O)O. The van der Waals surface area contributed by atoms with Crippen molar-refractivity contribution in [1.82, 2.24) is 25.3 Å². The van der Waals surface area contributed by atoms with E-state index in [9.17, 15) is 58.4 Å². The summed E-state index contributed by atoms with van der Waals surface area (Å²) in [7, 11) is -12.7. The second-order valence-corrected chi connectivity index (χ2v) is 28.1. The quantitative estimate of drug-likeness (QED) is 0.0151. The van der Waals surface area contributed by atoms with Crippen LogP contribution in [0.5, 0.6) is 5.75 Å². The number of carboxylic acid groups (broad SMARTS) is 1. The Labute approximate surface area is 516 Å².